The third-order valence-corrected chi connectivity index (χ3v) is 8.55. The molecule has 5 aromatic rings. The van der Waals surface area contributed by atoms with Crippen LogP contribution in [0, 0.1) is 11.6 Å². The van der Waals surface area contributed by atoms with E-state index in [0.717, 1.165) is 58.6 Å². The Hall–Kier alpha value is -4.55. The van der Waals surface area contributed by atoms with Crippen molar-refractivity contribution in [2.45, 2.75) is 4.90 Å². The summed E-state index contributed by atoms with van der Waals surface area (Å²) in [6.45, 7) is 3.13. The summed E-state index contributed by atoms with van der Waals surface area (Å²) in [5, 5.41) is 5.58. The standard InChI is InChI=1S/C30H27F2N5O4S/c1-36-29(19-3-7-23(8-4-19)37-11-13-41-14-12-37)24-15-20(5-9-26(24)34-36)21-16-27(30(40-2)33-18-21)35-42(38,39)28-10-6-22(31)17-25(28)32/h3-10,15-18,35H,11-14H2,1-2H3. The summed E-state index contributed by atoms with van der Waals surface area (Å²) in [5.41, 5.74) is 5.20. The number of sulfonamides is 1. The van der Waals surface area contributed by atoms with Crippen LogP contribution in [0.4, 0.5) is 20.2 Å². The zero-order valence-corrected chi connectivity index (χ0v) is 23.7. The first-order valence-electron chi connectivity index (χ1n) is 13.2. The normalized spacial score (nSPS) is 13.9. The number of methoxy groups -OCH3 is 1. The largest absolute Gasteiger partial charge is 0.480 e. The molecule has 0 bridgehead atoms. The van der Waals surface area contributed by atoms with Crippen molar-refractivity contribution in [3.63, 3.8) is 0 Å². The Balaban J connectivity index is 1.35. The van der Waals surface area contributed by atoms with E-state index in [4.69, 9.17) is 9.47 Å². The van der Waals surface area contributed by atoms with Gasteiger partial charge in [0.15, 0.2) is 0 Å². The highest BCUT2D eigenvalue weighted by Gasteiger charge is 2.23. The molecule has 0 saturated carbocycles. The number of hydrogen-bond acceptors (Lipinski definition) is 7. The van der Waals surface area contributed by atoms with Gasteiger partial charge in [-0.15, -0.1) is 0 Å². The lowest BCUT2D eigenvalue weighted by Crippen LogP contribution is -2.36. The Morgan fingerprint density at radius 3 is 2.38 bits per heavy atom. The minimum Gasteiger partial charge on any atom is -0.480 e. The molecule has 0 aliphatic carbocycles. The van der Waals surface area contributed by atoms with Crippen molar-refractivity contribution in [3.8, 4) is 28.3 Å². The van der Waals surface area contributed by atoms with Crippen LogP contribution in [-0.4, -0.2) is 56.6 Å². The molecule has 9 nitrogen and oxygen atoms in total. The average molecular weight is 592 g/mol. The van der Waals surface area contributed by atoms with Crippen molar-refractivity contribution in [2.24, 2.45) is 7.05 Å². The maximum atomic E-state index is 14.3. The molecule has 1 aliphatic heterocycles. The Morgan fingerprint density at radius 1 is 0.929 bits per heavy atom. The zero-order valence-electron chi connectivity index (χ0n) is 22.8. The summed E-state index contributed by atoms with van der Waals surface area (Å²) in [4.78, 5) is 5.87. The molecule has 0 amide bonds. The number of benzene rings is 3. The van der Waals surface area contributed by atoms with Crippen molar-refractivity contribution in [3.05, 3.63) is 84.6 Å². The number of morpholine rings is 1. The second kappa shape index (κ2) is 11.0. The van der Waals surface area contributed by atoms with E-state index >= 15 is 0 Å². The third kappa shape index (κ3) is 5.26. The van der Waals surface area contributed by atoms with Crippen LogP contribution in [0.25, 0.3) is 33.3 Å². The van der Waals surface area contributed by atoms with Crippen LogP contribution in [0.15, 0.2) is 77.8 Å². The van der Waals surface area contributed by atoms with Crippen LogP contribution >= 0.6 is 0 Å². The lowest BCUT2D eigenvalue weighted by Gasteiger charge is -2.28. The number of nitrogens with one attached hydrogen (secondary N) is 1. The van der Waals surface area contributed by atoms with Crippen molar-refractivity contribution >= 4 is 32.3 Å². The molecule has 1 fully saturated rings. The molecular formula is C30H27F2N5O4S. The molecule has 0 atom stereocenters. The highest BCUT2D eigenvalue weighted by Crippen LogP contribution is 2.35. The first-order valence-corrected chi connectivity index (χ1v) is 14.6. The molecule has 6 rings (SSSR count). The number of hydrogen-bond donors (Lipinski definition) is 1. The fourth-order valence-electron chi connectivity index (χ4n) is 5.11. The SMILES string of the molecule is COc1ncc(-c2ccc3nn(C)c(-c4ccc(N5CCOCC5)cc4)c3c2)cc1NS(=O)(=O)c1ccc(F)cc1F. The van der Waals surface area contributed by atoms with Gasteiger partial charge < -0.3 is 14.4 Å². The van der Waals surface area contributed by atoms with Crippen molar-refractivity contribution in [2.75, 3.05) is 43.0 Å². The Labute approximate surface area is 241 Å². The van der Waals surface area contributed by atoms with Gasteiger partial charge in [0.25, 0.3) is 10.0 Å². The smallest absolute Gasteiger partial charge is 0.264 e. The van der Waals surface area contributed by atoms with Crippen LogP contribution in [0.1, 0.15) is 0 Å². The van der Waals surface area contributed by atoms with Gasteiger partial charge in [0.2, 0.25) is 5.88 Å². The Morgan fingerprint density at radius 2 is 1.67 bits per heavy atom. The molecule has 0 unspecified atom stereocenters. The van der Waals surface area contributed by atoms with E-state index in [1.165, 1.54) is 7.11 Å². The van der Waals surface area contributed by atoms with E-state index in [1.54, 1.807) is 12.3 Å². The monoisotopic (exact) mass is 591 g/mol. The zero-order chi connectivity index (χ0) is 29.4. The van der Waals surface area contributed by atoms with E-state index in [-0.39, 0.29) is 11.6 Å². The summed E-state index contributed by atoms with van der Waals surface area (Å²) in [6.07, 6.45) is 1.56. The van der Waals surface area contributed by atoms with Gasteiger partial charge in [-0.3, -0.25) is 9.40 Å². The van der Waals surface area contributed by atoms with Crippen LogP contribution in [0.2, 0.25) is 0 Å². The van der Waals surface area contributed by atoms with Crippen LogP contribution < -0.4 is 14.4 Å². The molecule has 216 valence electrons. The van der Waals surface area contributed by atoms with E-state index in [2.05, 4.69) is 44.0 Å². The summed E-state index contributed by atoms with van der Waals surface area (Å²) < 4.78 is 68.5. The van der Waals surface area contributed by atoms with Gasteiger partial charge in [0.1, 0.15) is 22.2 Å². The van der Waals surface area contributed by atoms with Gasteiger partial charge in [0, 0.05) is 54.6 Å². The predicted molar refractivity (Wildman–Crippen MR) is 156 cm³/mol. The summed E-state index contributed by atoms with van der Waals surface area (Å²) >= 11 is 0. The van der Waals surface area contributed by atoms with E-state index in [9.17, 15) is 17.2 Å². The lowest BCUT2D eigenvalue weighted by atomic mass is 10.0. The number of ether oxygens (including phenoxy) is 2. The molecule has 0 spiro atoms. The van der Waals surface area contributed by atoms with Gasteiger partial charge in [-0.2, -0.15) is 5.10 Å². The van der Waals surface area contributed by atoms with E-state index in [0.29, 0.717) is 24.8 Å². The van der Waals surface area contributed by atoms with E-state index < -0.39 is 26.6 Å². The molecule has 12 heteroatoms. The lowest BCUT2D eigenvalue weighted by molar-refractivity contribution is 0.122. The van der Waals surface area contributed by atoms with Crippen molar-refractivity contribution in [1.82, 2.24) is 14.8 Å². The highest BCUT2D eigenvalue weighted by atomic mass is 32.2. The third-order valence-electron chi connectivity index (χ3n) is 7.16. The number of nitrogens with zero attached hydrogens (tertiary/aromatic N) is 4. The maximum Gasteiger partial charge on any atom is 0.264 e. The fourth-order valence-corrected chi connectivity index (χ4v) is 6.22. The molecule has 1 saturated heterocycles. The number of aryl methyl sites for hydroxylation is 1. The Bertz CT molecular complexity index is 1890. The molecule has 2 aromatic heterocycles. The second-order valence-electron chi connectivity index (χ2n) is 9.81. The first kappa shape index (κ1) is 27.6. The molecular weight excluding hydrogens is 564 g/mol. The number of aromatic nitrogens is 3. The molecule has 1 aliphatic rings. The topological polar surface area (TPSA) is 98.6 Å². The number of anilines is 2. The predicted octanol–water partition coefficient (Wildman–Crippen LogP) is 5.23. The molecule has 0 radical (unpaired) electrons. The van der Waals surface area contributed by atoms with Crippen molar-refractivity contribution in [1.29, 1.82) is 0 Å². The van der Waals surface area contributed by atoms with Gasteiger partial charge in [-0.1, -0.05) is 18.2 Å². The van der Waals surface area contributed by atoms with Crippen molar-refractivity contribution < 1.29 is 26.7 Å². The van der Waals surface area contributed by atoms with E-state index in [1.807, 2.05) is 29.9 Å². The summed E-state index contributed by atoms with van der Waals surface area (Å²) in [5.74, 6) is -2.10. The summed E-state index contributed by atoms with van der Waals surface area (Å²) in [6, 6.07) is 17.9. The van der Waals surface area contributed by atoms with Crippen LogP contribution in [0.5, 0.6) is 5.88 Å². The van der Waals surface area contributed by atoms with Crippen LogP contribution in [-0.2, 0) is 21.8 Å². The molecule has 42 heavy (non-hydrogen) atoms. The number of halogens is 2. The minimum atomic E-state index is -4.41. The fraction of sp³-hybridized carbons (Fsp3) is 0.200. The minimum absolute atomic E-state index is 0.00364. The highest BCUT2D eigenvalue weighted by molar-refractivity contribution is 7.92. The average Bonchev–Trinajstić information content (AvgIpc) is 3.32. The molecule has 3 aromatic carbocycles. The second-order valence-corrected chi connectivity index (χ2v) is 11.5. The molecule has 3 heterocycles. The first-order chi connectivity index (χ1) is 20.2. The quantitative estimate of drug-likeness (QED) is 0.277. The van der Waals surface area contributed by atoms with Gasteiger partial charge in [-0.25, -0.2) is 22.2 Å². The number of fused-ring (bicyclic) bond motifs is 1. The molecule has 1 N–H and O–H groups in total. The van der Waals surface area contributed by atoms with Crippen LogP contribution in [0.3, 0.4) is 0 Å². The number of pyridine rings is 1. The Kier molecular flexibility index (Phi) is 7.25. The maximum absolute atomic E-state index is 14.3. The van der Waals surface area contributed by atoms with Gasteiger partial charge in [0.05, 0.1) is 31.5 Å². The number of rotatable bonds is 7. The van der Waals surface area contributed by atoms with Gasteiger partial charge >= 0.3 is 0 Å². The van der Waals surface area contributed by atoms with Gasteiger partial charge in [-0.05, 0) is 48.0 Å². The summed E-state index contributed by atoms with van der Waals surface area (Å²) in [7, 11) is -1.18.